The van der Waals surface area contributed by atoms with Crippen molar-refractivity contribution in [2.45, 2.75) is 23.9 Å². The highest BCUT2D eigenvalue weighted by Gasteiger charge is 2.55. The average molecular weight is 555 g/mol. The lowest BCUT2D eigenvalue weighted by molar-refractivity contribution is -0.133. The van der Waals surface area contributed by atoms with Gasteiger partial charge in [0.2, 0.25) is 5.91 Å². The molecule has 0 N–H and O–H groups in total. The minimum Gasteiger partial charge on any atom is -0.493 e. The van der Waals surface area contributed by atoms with E-state index in [1.165, 1.54) is 60.3 Å². The first-order valence-corrected chi connectivity index (χ1v) is 13.7. The summed E-state index contributed by atoms with van der Waals surface area (Å²) in [6, 6.07) is 9.51. The molecule has 0 aliphatic carbocycles. The first kappa shape index (κ1) is 27.8. The van der Waals surface area contributed by atoms with Gasteiger partial charge in [-0.1, -0.05) is 23.4 Å². The van der Waals surface area contributed by atoms with Crippen LogP contribution < -0.4 is 18.7 Å². The van der Waals surface area contributed by atoms with E-state index in [0.717, 1.165) is 5.69 Å². The van der Waals surface area contributed by atoms with Gasteiger partial charge in [-0.3, -0.25) is 9.69 Å². The molecule has 0 radical (unpaired) electrons. The number of methoxy groups -OCH3 is 2. The van der Waals surface area contributed by atoms with Crippen LogP contribution in [0.2, 0.25) is 5.02 Å². The van der Waals surface area contributed by atoms with E-state index in [0.29, 0.717) is 12.3 Å². The molecule has 1 heterocycles. The maximum atomic E-state index is 14.6. The Labute approximate surface area is 222 Å². The van der Waals surface area contributed by atoms with Crippen molar-refractivity contribution in [1.82, 2.24) is 9.80 Å². The van der Waals surface area contributed by atoms with Gasteiger partial charge < -0.3 is 19.3 Å². The van der Waals surface area contributed by atoms with Gasteiger partial charge in [0.15, 0.2) is 11.5 Å². The Morgan fingerprint density at radius 1 is 1.08 bits per heavy atom. The number of nitrogens with zero attached hydrogens (tertiary/aromatic N) is 4. The van der Waals surface area contributed by atoms with Gasteiger partial charge in [0.25, 0.3) is 15.1 Å². The Hall–Kier alpha value is -2.76. The number of hydrogen-bond acceptors (Lipinski definition) is 8. The van der Waals surface area contributed by atoms with Crippen LogP contribution in [0.25, 0.3) is 0 Å². The summed E-state index contributed by atoms with van der Waals surface area (Å²) in [5, 5.41) is 0.481. The number of rotatable bonds is 9. The zero-order chi connectivity index (χ0) is 26.8. The molecule has 0 saturated carbocycles. The third-order valence-electron chi connectivity index (χ3n) is 5.91. The number of anilines is 2. The van der Waals surface area contributed by atoms with E-state index in [9.17, 15) is 13.2 Å². The van der Waals surface area contributed by atoms with Gasteiger partial charge in [-0.25, -0.2) is 12.7 Å². The second-order valence-corrected chi connectivity index (χ2v) is 11.4. The summed E-state index contributed by atoms with van der Waals surface area (Å²) in [4.78, 5) is 17.8. The van der Waals surface area contributed by atoms with Crippen molar-refractivity contribution < 1.29 is 22.7 Å². The molecule has 2 aromatic rings. The number of thioether (sulfide) groups is 1. The van der Waals surface area contributed by atoms with Gasteiger partial charge in [-0.05, 0) is 42.7 Å². The largest absolute Gasteiger partial charge is 0.493 e. The summed E-state index contributed by atoms with van der Waals surface area (Å²) in [5.74, 6) is 0.320. The minimum absolute atomic E-state index is 0.0497. The molecule has 36 heavy (non-hydrogen) atoms. The topological polar surface area (TPSA) is 82.6 Å². The Morgan fingerprint density at radius 2 is 1.75 bits per heavy atom. The van der Waals surface area contributed by atoms with Crippen molar-refractivity contribution >= 4 is 50.7 Å². The van der Waals surface area contributed by atoms with Gasteiger partial charge in [-0.15, -0.1) is 0 Å². The van der Waals surface area contributed by atoms with Gasteiger partial charge in [0, 0.05) is 52.6 Å². The number of benzene rings is 2. The molecule has 196 valence electrons. The standard InChI is InChI=1S/C24H31ClN4O5S2/c1-8-28-13-14-35-24(28,27(5)17(2)30)29(21-15-18(26(3)4)9-11-20(21)25)36(31,32)19-10-12-22(33-6)23(16-19)34-7/h9-16H,8H2,1-7H3. The quantitative estimate of drug-likeness (QED) is 0.426. The zero-order valence-electron chi connectivity index (χ0n) is 21.4. The van der Waals surface area contributed by atoms with Crippen LogP contribution in [0.1, 0.15) is 13.8 Å². The molecule has 1 amide bonds. The molecule has 1 aliphatic rings. The highest BCUT2D eigenvalue weighted by Crippen LogP contribution is 2.49. The number of ether oxygens (including phenoxy) is 2. The van der Waals surface area contributed by atoms with Crippen LogP contribution in [0.3, 0.4) is 0 Å². The van der Waals surface area contributed by atoms with Gasteiger partial charge >= 0.3 is 0 Å². The molecule has 0 saturated heterocycles. The van der Waals surface area contributed by atoms with Gasteiger partial charge in [0.1, 0.15) is 0 Å². The summed E-state index contributed by atoms with van der Waals surface area (Å²) >= 11 is 7.88. The molecule has 0 bridgehead atoms. The third kappa shape index (κ3) is 4.67. The fourth-order valence-electron chi connectivity index (χ4n) is 3.91. The van der Waals surface area contributed by atoms with Crippen LogP contribution in [0.5, 0.6) is 11.5 Å². The van der Waals surface area contributed by atoms with Crippen LogP contribution in [-0.2, 0) is 14.8 Å². The smallest absolute Gasteiger partial charge is 0.268 e. The van der Waals surface area contributed by atoms with Crippen molar-refractivity contribution in [2.24, 2.45) is 0 Å². The SMILES string of the molecule is CCN1C=CSC1(N(C)C(C)=O)N(c1cc(N(C)C)ccc1Cl)S(=O)(=O)c1ccc(OC)c(OC)c1. The number of carbonyl (C=O) groups is 1. The molecule has 1 unspecified atom stereocenters. The van der Waals surface area contributed by atoms with E-state index < -0.39 is 15.1 Å². The summed E-state index contributed by atoms with van der Waals surface area (Å²) < 4.78 is 41.0. The van der Waals surface area contributed by atoms with Crippen molar-refractivity contribution in [2.75, 3.05) is 51.1 Å². The van der Waals surface area contributed by atoms with Gasteiger partial charge in [-0.2, -0.15) is 0 Å². The Morgan fingerprint density at radius 3 is 2.31 bits per heavy atom. The summed E-state index contributed by atoms with van der Waals surface area (Å²) in [5.41, 5.74) is 0.960. The van der Waals surface area contributed by atoms with E-state index in [-0.39, 0.29) is 27.3 Å². The maximum Gasteiger partial charge on any atom is 0.268 e. The van der Waals surface area contributed by atoms with Crippen LogP contribution >= 0.6 is 23.4 Å². The van der Waals surface area contributed by atoms with Crippen molar-refractivity contribution in [3.63, 3.8) is 0 Å². The Bertz CT molecular complexity index is 1270. The highest BCUT2D eigenvalue weighted by molar-refractivity contribution is 8.05. The zero-order valence-corrected chi connectivity index (χ0v) is 23.7. The lowest BCUT2D eigenvalue weighted by Crippen LogP contribution is -2.67. The van der Waals surface area contributed by atoms with Crippen molar-refractivity contribution in [3.05, 3.63) is 53.0 Å². The van der Waals surface area contributed by atoms with Crippen LogP contribution in [-0.4, -0.2) is 71.2 Å². The summed E-state index contributed by atoms with van der Waals surface area (Å²) in [6.07, 6.45) is 1.77. The van der Waals surface area contributed by atoms with E-state index >= 15 is 0 Å². The third-order valence-corrected chi connectivity index (χ3v) is 9.40. The highest BCUT2D eigenvalue weighted by atomic mass is 35.5. The molecular weight excluding hydrogens is 524 g/mol. The second kappa shape index (κ2) is 10.7. The molecule has 1 atom stereocenters. The molecule has 1 aliphatic heterocycles. The lowest BCUT2D eigenvalue weighted by atomic mass is 10.2. The molecule has 12 heteroatoms. The van der Waals surface area contributed by atoms with E-state index in [4.69, 9.17) is 21.1 Å². The molecule has 0 aromatic heterocycles. The number of sulfonamides is 1. The number of amides is 1. The van der Waals surface area contributed by atoms with Crippen LogP contribution in [0.4, 0.5) is 11.4 Å². The van der Waals surface area contributed by atoms with Crippen LogP contribution in [0.15, 0.2) is 52.9 Å². The normalized spacial score (nSPS) is 17.2. The number of hydrogen-bond donors (Lipinski definition) is 0. The second-order valence-electron chi connectivity index (χ2n) is 8.16. The summed E-state index contributed by atoms with van der Waals surface area (Å²) in [6.45, 7) is 3.70. The predicted octanol–water partition coefficient (Wildman–Crippen LogP) is 4.25. The molecule has 3 rings (SSSR count). The number of halogens is 1. The van der Waals surface area contributed by atoms with Gasteiger partial charge in [0.05, 0.1) is 29.8 Å². The molecule has 0 spiro atoms. The van der Waals surface area contributed by atoms with E-state index in [2.05, 4.69) is 0 Å². The van der Waals surface area contributed by atoms with E-state index in [1.807, 2.05) is 25.9 Å². The Kier molecular flexibility index (Phi) is 8.27. The molecule has 0 fully saturated rings. The maximum absolute atomic E-state index is 14.6. The number of carbonyl (C=O) groups excluding carboxylic acids is 1. The van der Waals surface area contributed by atoms with Crippen LogP contribution in [0, 0.1) is 0 Å². The predicted molar refractivity (Wildman–Crippen MR) is 145 cm³/mol. The molecular formula is C24H31ClN4O5S2. The van der Waals surface area contributed by atoms with Crippen molar-refractivity contribution in [3.8, 4) is 11.5 Å². The first-order valence-electron chi connectivity index (χ1n) is 11.1. The summed E-state index contributed by atoms with van der Waals surface area (Å²) in [7, 11) is 3.84. The minimum atomic E-state index is -4.34. The Balaban J connectivity index is 2.42. The van der Waals surface area contributed by atoms with Crippen molar-refractivity contribution in [1.29, 1.82) is 0 Å². The average Bonchev–Trinajstić information content (AvgIpc) is 3.28. The fourth-order valence-corrected chi connectivity index (χ4v) is 7.44. The lowest BCUT2D eigenvalue weighted by Gasteiger charge is -2.50. The molecule has 2 aromatic carbocycles. The monoisotopic (exact) mass is 554 g/mol. The first-order chi connectivity index (χ1) is 16.9. The molecule has 9 nitrogen and oxygen atoms in total. The fraction of sp³-hybridized carbons (Fsp3) is 0.375. The van der Waals surface area contributed by atoms with E-state index in [1.54, 1.807) is 41.8 Å².